The second-order valence-electron chi connectivity index (χ2n) is 16.9. The van der Waals surface area contributed by atoms with Gasteiger partial charge in [0.1, 0.15) is 0 Å². The minimum atomic E-state index is 1.15. The van der Waals surface area contributed by atoms with Gasteiger partial charge in [0.25, 0.3) is 0 Å². The lowest BCUT2D eigenvalue weighted by Gasteiger charge is -2.10. The molecule has 63 heavy (non-hydrogen) atoms. The quantitative estimate of drug-likeness (QED) is 0.165. The highest BCUT2D eigenvalue weighted by atomic mass is 15.0. The lowest BCUT2D eigenvalue weighted by Crippen LogP contribution is -1.94. The summed E-state index contributed by atoms with van der Waals surface area (Å²) in [5, 5.41) is 10.1. The first kappa shape index (κ1) is 34.3. The van der Waals surface area contributed by atoms with E-state index >= 15 is 0 Å². The first-order valence-corrected chi connectivity index (χ1v) is 21.8. The van der Waals surface area contributed by atoms with Crippen LogP contribution in [0.25, 0.3) is 126 Å². The molecule has 3 nitrogen and oxygen atoms in total. The Labute approximate surface area is 362 Å². The molecule has 3 heteroatoms. The lowest BCUT2D eigenvalue weighted by molar-refractivity contribution is 1.18. The zero-order valence-electron chi connectivity index (χ0n) is 34.2. The molecule has 0 unspecified atom stereocenters. The summed E-state index contributed by atoms with van der Waals surface area (Å²) in [6, 6.07) is 82.8. The Hall–Kier alpha value is -8.40. The van der Waals surface area contributed by atoms with Crippen LogP contribution in [-0.2, 0) is 0 Å². The summed E-state index contributed by atoms with van der Waals surface area (Å²) < 4.78 is 7.35. The Morgan fingerprint density at radius 1 is 0.206 bits per heavy atom. The van der Waals surface area contributed by atoms with E-state index < -0.39 is 0 Å². The van der Waals surface area contributed by atoms with Crippen molar-refractivity contribution in [2.24, 2.45) is 0 Å². The van der Waals surface area contributed by atoms with Crippen LogP contribution in [0.4, 0.5) is 0 Å². The summed E-state index contributed by atoms with van der Waals surface area (Å²) >= 11 is 0. The highest BCUT2D eigenvalue weighted by Crippen LogP contribution is 2.43. The Morgan fingerprint density at radius 3 is 1.14 bits per heavy atom. The van der Waals surface area contributed by atoms with E-state index in [1.807, 2.05) is 0 Å². The number of para-hydroxylation sites is 3. The monoisotopic (exact) mass is 799 g/mol. The van der Waals surface area contributed by atoms with E-state index in [0.717, 1.165) is 11.4 Å². The van der Waals surface area contributed by atoms with E-state index in [1.54, 1.807) is 0 Å². The Bertz CT molecular complexity index is 4110. The van der Waals surface area contributed by atoms with Gasteiger partial charge in [-0.1, -0.05) is 146 Å². The van der Waals surface area contributed by atoms with Crippen LogP contribution in [0.2, 0.25) is 0 Å². The van der Waals surface area contributed by atoms with Crippen molar-refractivity contribution in [2.75, 3.05) is 0 Å². The van der Waals surface area contributed by atoms with Crippen molar-refractivity contribution in [3.63, 3.8) is 0 Å². The van der Waals surface area contributed by atoms with Crippen LogP contribution in [0.3, 0.4) is 0 Å². The molecule has 0 aliphatic heterocycles. The normalized spacial score (nSPS) is 12.1. The van der Waals surface area contributed by atoms with Gasteiger partial charge in [0, 0.05) is 54.5 Å². The van der Waals surface area contributed by atoms with Gasteiger partial charge in [-0.05, 0) is 112 Å². The molecular formula is C60H37N3. The van der Waals surface area contributed by atoms with E-state index in [-0.39, 0.29) is 0 Å². The van der Waals surface area contributed by atoms with Gasteiger partial charge in [0.05, 0.1) is 38.6 Å². The van der Waals surface area contributed by atoms with Crippen LogP contribution in [0.15, 0.2) is 224 Å². The zero-order valence-corrected chi connectivity index (χ0v) is 34.2. The second-order valence-corrected chi connectivity index (χ2v) is 16.9. The van der Waals surface area contributed by atoms with Crippen LogP contribution in [0.5, 0.6) is 0 Å². The van der Waals surface area contributed by atoms with Gasteiger partial charge < -0.3 is 13.5 Å². The first-order valence-electron chi connectivity index (χ1n) is 21.8. The van der Waals surface area contributed by atoms with Gasteiger partial charge in [-0.3, -0.25) is 0 Å². The number of hydrogen-bond acceptors (Lipinski definition) is 0. The Kier molecular flexibility index (Phi) is 7.11. The SMILES string of the molecule is c1ccc(-c2ccc3c(c2)c2cc(-c4ccc5c(c4)c4cc(-c6ccccc6)ccc4n5-c4ccc5c6cccc7c8ccccc8n(c5c4)c76)ccc2n3-c2ccccc2)cc1. The fraction of sp³-hybridized carbons (Fsp3) is 0. The molecule has 0 fully saturated rings. The maximum absolute atomic E-state index is 2.48. The molecule has 0 amide bonds. The molecule has 0 aliphatic rings. The average Bonchev–Trinajstić information content (AvgIpc) is 4.08. The Balaban J connectivity index is 1.00. The van der Waals surface area contributed by atoms with E-state index in [1.165, 1.54) is 115 Å². The minimum Gasteiger partial charge on any atom is -0.309 e. The smallest absolute Gasteiger partial charge is 0.0620 e. The van der Waals surface area contributed by atoms with Gasteiger partial charge in [-0.2, -0.15) is 0 Å². The van der Waals surface area contributed by atoms with Gasteiger partial charge in [0.2, 0.25) is 0 Å². The largest absolute Gasteiger partial charge is 0.309 e. The van der Waals surface area contributed by atoms with Crippen molar-refractivity contribution in [1.29, 1.82) is 0 Å². The summed E-state index contributed by atoms with van der Waals surface area (Å²) in [4.78, 5) is 0. The molecule has 4 heterocycles. The number of hydrogen-bond donors (Lipinski definition) is 0. The fourth-order valence-electron chi connectivity index (χ4n) is 10.7. The molecule has 0 bridgehead atoms. The van der Waals surface area contributed by atoms with Crippen molar-refractivity contribution >= 4 is 81.7 Å². The number of rotatable bonds is 5. The van der Waals surface area contributed by atoms with E-state index in [4.69, 9.17) is 0 Å². The van der Waals surface area contributed by atoms with Crippen molar-refractivity contribution in [2.45, 2.75) is 0 Å². The molecule has 0 spiro atoms. The van der Waals surface area contributed by atoms with Gasteiger partial charge in [-0.25, -0.2) is 0 Å². The molecule has 14 aromatic rings. The van der Waals surface area contributed by atoms with Gasteiger partial charge in [0.15, 0.2) is 0 Å². The van der Waals surface area contributed by atoms with E-state index in [2.05, 4.69) is 238 Å². The first-order chi connectivity index (χ1) is 31.2. The summed E-state index contributed by atoms with van der Waals surface area (Å²) in [5.41, 5.74) is 18.1. The fourth-order valence-corrected chi connectivity index (χ4v) is 10.7. The second kappa shape index (κ2) is 13.1. The number of benzene rings is 10. The third kappa shape index (κ3) is 4.96. The lowest BCUT2D eigenvalue weighted by atomic mass is 9.98. The number of fused-ring (bicyclic) bond motifs is 12. The van der Waals surface area contributed by atoms with E-state index in [0.29, 0.717) is 0 Å². The average molecular weight is 800 g/mol. The van der Waals surface area contributed by atoms with Crippen LogP contribution >= 0.6 is 0 Å². The molecule has 0 radical (unpaired) electrons. The van der Waals surface area contributed by atoms with Crippen LogP contribution < -0.4 is 0 Å². The number of nitrogens with zero attached hydrogens (tertiary/aromatic N) is 3. The summed E-state index contributed by atoms with van der Waals surface area (Å²) in [6.07, 6.45) is 0. The molecule has 14 rings (SSSR count). The van der Waals surface area contributed by atoms with Gasteiger partial charge >= 0.3 is 0 Å². The standard InChI is InChI=1S/C60H37N3/c1-4-13-38(14-5-1)40-23-29-55-50(33-40)52-35-42(25-31-56(52)61(55)44-17-8-3-9-18-44)43-26-32-58-53(36-43)51-34-41(39-15-6-2-7-16-39)24-30-57(51)62(58)45-27-28-47-49-21-12-20-48-46-19-10-11-22-54(46)63(60(48)49)59(47)37-45/h1-37H. The van der Waals surface area contributed by atoms with Crippen molar-refractivity contribution in [3.8, 4) is 44.8 Å². The molecule has 4 aromatic heterocycles. The molecule has 292 valence electrons. The molecular weight excluding hydrogens is 763 g/mol. The molecule has 0 saturated heterocycles. The van der Waals surface area contributed by atoms with Gasteiger partial charge in [-0.15, -0.1) is 0 Å². The molecule has 0 aliphatic carbocycles. The maximum atomic E-state index is 2.48. The summed E-state index contributed by atoms with van der Waals surface area (Å²) in [6.45, 7) is 0. The highest BCUT2D eigenvalue weighted by molar-refractivity contribution is 6.23. The van der Waals surface area contributed by atoms with Crippen molar-refractivity contribution < 1.29 is 0 Å². The number of aromatic nitrogens is 3. The van der Waals surface area contributed by atoms with Crippen LogP contribution in [0, 0.1) is 0 Å². The Morgan fingerprint density at radius 2 is 0.619 bits per heavy atom. The van der Waals surface area contributed by atoms with Crippen LogP contribution in [0.1, 0.15) is 0 Å². The molecule has 10 aromatic carbocycles. The third-order valence-electron chi connectivity index (χ3n) is 13.6. The molecule has 0 atom stereocenters. The topological polar surface area (TPSA) is 14.3 Å². The molecule has 0 saturated carbocycles. The third-order valence-corrected chi connectivity index (χ3v) is 13.6. The van der Waals surface area contributed by atoms with Crippen molar-refractivity contribution in [1.82, 2.24) is 13.5 Å². The minimum absolute atomic E-state index is 1.15. The van der Waals surface area contributed by atoms with Crippen LogP contribution in [-0.4, -0.2) is 13.5 Å². The predicted molar refractivity (Wildman–Crippen MR) is 266 cm³/mol. The predicted octanol–water partition coefficient (Wildman–Crippen LogP) is 16.0. The summed E-state index contributed by atoms with van der Waals surface area (Å²) in [5.74, 6) is 0. The maximum Gasteiger partial charge on any atom is 0.0620 e. The highest BCUT2D eigenvalue weighted by Gasteiger charge is 2.21. The zero-order chi connectivity index (χ0) is 41.2. The summed E-state index contributed by atoms with van der Waals surface area (Å²) in [7, 11) is 0. The molecule has 0 N–H and O–H groups in total. The van der Waals surface area contributed by atoms with E-state index in [9.17, 15) is 0 Å². The van der Waals surface area contributed by atoms with Crippen molar-refractivity contribution in [3.05, 3.63) is 224 Å².